The fourth-order valence-electron chi connectivity index (χ4n) is 3.57. The number of nitrogens with one attached hydrogen (secondary N) is 3. The van der Waals surface area contributed by atoms with E-state index in [4.69, 9.17) is 0 Å². The Labute approximate surface area is 107 Å². The molecule has 3 aliphatic rings. The van der Waals surface area contributed by atoms with Crippen LogP contribution in [0.4, 0.5) is 5.82 Å². The van der Waals surface area contributed by atoms with Crippen LogP contribution in [0, 0.1) is 0 Å². The van der Waals surface area contributed by atoms with Crippen molar-refractivity contribution in [1.82, 2.24) is 20.4 Å². The molecule has 0 aromatic carbocycles. The van der Waals surface area contributed by atoms with Gasteiger partial charge in [0, 0.05) is 37.3 Å². The van der Waals surface area contributed by atoms with Crippen molar-refractivity contribution in [2.45, 2.75) is 43.3 Å². The molecule has 0 amide bonds. The zero-order chi connectivity index (χ0) is 12.0. The van der Waals surface area contributed by atoms with Crippen molar-refractivity contribution < 1.29 is 0 Å². The molecule has 0 atom stereocenters. The number of nitrogens with zero attached hydrogens (tertiary/aromatic N) is 2. The highest BCUT2D eigenvalue weighted by Gasteiger charge is 2.44. The summed E-state index contributed by atoms with van der Waals surface area (Å²) in [5.74, 6) is 1.17. The lowest BCUT2D eigenvalue weighted by atomic mass is 9.88. The Bertz CT molecular complexity index is 428. The summed E-state index contributed by atoms with van der Waals surface area (Å²) in [6.07, 6.45) is 7.26. The van der Waals surface area contributed by atoms with Gasteiger partial charge in [-0.1, -0.05) is 0 Å². The summed E-state index contributed by atoms with van der Waals surface area (Å²) in [5.41, 5.74) is 0.359. The van der Waals surface area contributed by atoms with Crippen molar-refractivity contribution in [1.29, 1.82) is 0 Å². The number of rotatable bonds is 4. The summed E-state index contributed by atoms with van der Waals surface area (Å²) >= 11 is 0. The molecule has 1 aromatic heterocycles. The maximum absolute atomic E-state index is 4.44. The van der Waals surface area contributed by atoms with Crippen LogP contribution in [0.2, 0.25) is 0 Å². The average molecular weight is 247 g/mol. The van der Waals surface area contributed by atoms with Gasteiger partial charge in [-0.3, -0.25) is 0 Å². The highest BCUT2D eigenvalue weighted by Crippen LogP contribution is 2.37. The molecule has 4 rings (SSSR count). The van der Waals surface area contributed by atoms with Gasteiger partial charge in [-0.25, -0.2) is 4.68 Å². The second kappa shape index (κ2) is 3.96. The van der Waals surface area contributed by atoms with Crippen LogP contribution in [-0.4, -0.2) is 41.0 Å². The molecule has 0 unspecified atom stereocenters. The minimum Gasteiger partial charge on any atom is -0.368 e. The first-order valence-corrected chi connectivity index (χ1v) is 7.11. The molecule has 3 N–H and O–H groups in total. The first-order valence-electron chi connectivity index (χ1n) is 7.11. The fraction of sp³-hybridized carbons (Fsp3) is 0.769. The smallest absolute Gasteiger partial charge is 0.124 e. The molecule has 0 saturated carbocycles. The van der Waals surface area contributed by atoms with Gasteiger partial charge >= 0.3 is 0 Å². The zero-order valence-corrected chi connectivity index (χ0v) is 10.7. The van der Waals surface area contributed by atoms with E-state index in [0.717, 1.165) is 25.7 Å². The summed E-state index contributed by atoms with van der Waals surface area (Å²) in [5, 5.41) is 15.1. The van der Waals surface area contributed by atoms with E-state index < -0.39 is 0 Å². The van der Waals surface area contributed by atoms with Crippen LogP contribution in [0.3, 0.4) is 0 Å². The van der Waals surface area contributed by atoms with E-state index in [1.54, 1.807) is 0 Å². The van der Waals surface area contributed by atoms with Gasteiger partial charge in [-0.05, 0) is 25.7 Å². The molecule has 3 fully saturated rings. The van der Waals surface area contributed by atoms with E-state index in [0.29, 0.717) is 11.6 Å². The van der Waals surface area contributed by atoms with Crippen molar-refractivity contribution in [3.63, 3.8) is 0 Å². The molecule has 0 radical (unpaired) electrons. The summed E-state index contributed by atoms with van der Waals surface area (Å²) in [6.45, 7) is 3.12. The lowest BCUT2D eigenvalue weighted by molar-refractivity contribution is 0.320. The Morgan fingerprint density at radius 3 is 2.83 bits per heavy atom. The first kappa shape index (κ1) is 10.8. The quantitative estimate of drug-likeness (QED) is 0.734. The largest absolute Gasteiger partial charge is 0.368 e. The van der Waals surface area contributed by atoms with Crippen molar-refractivity contribution >= 4 is 5.82 Å². The van der Waals surface area contributed by atoms with Crippen molar-refractivity contribution in [2.24, 2.45) is 0 Å². The standard InChI is InChI=1S/C13H21N5/c1-4-13(5-2-10(1)17-13)9-15-12-3-6-16-18(12)11-7-14-8-11/h3,6,10-11,14-15,17H,1-2,4-5,7-9H2. The lowest BCUT2D eigenvalue weighted by Gasteiger charge is -2.31. The van der Waals surface area contributed by atoms with Crippen LogP contribution in [0.1, 0.15) is 31.7 Å². The molecule has 98 valence electrons. The average Bonchev–Trinajstić information content (AvgIpc) is 2.99. The molecule has 3 aliphatic heterocycles. The van der Waals surface area contributed by atoms with Crippen LogP contribution in [-0.2, 0) is 0 Å². The Balaban J connectivity index is 1.44. The van der Waals surface area contributed by atoms with Gasteiger partial charge in [0.2, 0.25) is 0 Å². The number of hydrogen-bond donors (Lipinski definition) is 3. The predicted octanol–water partition coefficient (Wildman–Crippen LogP) is 0.724. The molecule has 1 aromatic rings. The monoisotopic (exact) mass is 247 g/mol. The third kappa shape index (κ3) is 1.65. The summed E-state index contributed by atoms with van der Waals surface area (Å²) in [6, 6.07) is 3.41. The first-order chi connectivity index (χ1) is 8.85. The van der Waals surface area contributed by atoms with E-state index >= 15 is 0 Å². The highest BCUT2D eigenvalue weighted by molar-refractivity contribution is 5.36. The van der Waals surface area contributed by atoms with E-state index in [-0.39, 0.29) is 0 Å². The fourth-order valence-corrected chi connectivity index (χ4v) is 3.57. The van der Waals surface area contributed by atoms with Gasteiger partial charge in [0.25, 0.3) is 0 Å². The maximum atomic E-state index is 4.44. The minimum absolute atomic E-state index is 0.359. The van der Waals surface area contributed by atoms with E-state index in [9.17, 15) is 0 Å². The van der Waals surface area contributed by atoms with Crippen LogP contribution in [0.25, 0.3) is 0 Å². The van der Waals surface area contributed by atoms with E-state index in [1.165, 1.54) is 31.5 Å². The molecule has 2 bridgehead atoms. The van der Waals surface area contributed by atoms with Crippen LogP contribution < -0.4 is 16.0 Å². The highest BCUT2D eigenvalue weighted by atomic mass is 15.4. The Kier molecular flexibility index (Phi) is 2.38. The van der Waals surface area contributed by atoms with Gasteiger partial charge in [0.15, 0.2) is 0 Å². The molecule has 3 saturated heterocycles. The third-order valence-electron chi connectivity index (χ3n) is 4.84. The van der Waals surface area contributed by atoms with Gasteiger partial charge in [-0.15, -0.1) is 0 Å². The lowest BCUT2D eigenvalue weighted by Crippen LogP contribution is -2.45. The number of fused-ring (bicyclic) bond motifs is 2. The molecule has 18 heavy (non-hydrogen) atoms. The minimum atomic E-state index is 0.359. The Morgan fingerprint density at radius 1 is 1.39 bits per heavy atom. The third-order valence-corrected chi connectivity index (χ3v) is 4.84. The summed E-state index contributed by atoms with van der Waals surface area (Å²) in [4.78, 5) is 0. The van der Waals surface area contributed by atoms with Gasteiger partial charge < -0.3 is 16.0 Å². The SMILES string of the molecule is c1cc(NCC23CCC(CC2)N3)n(C2CNC2)n1. The topological polar surface area (TPSA) is 53.9 Å². The van der Waals surface area contributed by atoms with Crippen LogP contribution in [0.15, 0.2) is 12.3 Å². The molecule has 0 aliphatic carbocycles. The second-order valence-electron chi connectivity index (χ2n) is 6.03. The van der Waals surface area contributed by atoms with Gasteiger partial charge in [0.1, 0.15) is 5.82 Å². The molecular formula is C13H21N5. The van der Waals surface area contributed by atoms with Crippen molar-refractivity contribution in [3.05, 3.63) is 12.3 Å². The molecule has 4 heterocycles. The normalized spacial score (nSPS) is 34.8. The maximum Gasteiger partial charge on any atom is 0.124 e. The van der Waals surface area contributed by atoms with Crippen LogP contribution in [0.5, 0.6) is 0 Å². The van der Waals surface area contributed by atoms with Gasteiger partial charge in [0.05, 0.1) is 12.2 Å². The molecule has 5 heteroatoms. The van der Waals surface area contributed by atoms with Crippen molar-refractivity contribution in [3.8, 4) is 0 Å². The van der Waals surface area contributed by atoms with Gasteiger partial charge in [-0.2, -0.15) is 5.10 Å². The van der Waals surface area contributed by atoms with Crippen molar-refractivity contribution in [2.75, 3.05) is 25.0 Å². The number of aromatic nitrogens is 2. The molecular weight excluding hydrogens is 226 g/mol. The van der Waals surface area contributed by atoms with E-state index in [2.05, 4.69) is 31.8 Å². The molecule has 0 spiro atoms. The predicted molar refractivity (Wildman–Crippen MR) is 70.7 cm³/mol. The molecule has 5 nitrogen and oxygen atoms in total. The Morgan fingerprint density at radius 2 is 2.22 bits per heavy atom. The zero-order valence-electron chi connectivity index (χ0n) is 10.7. The summed E-state index contributed by atoms with van der Waals surface area (Å²) < 4.78 is 2.13. The second-order valence-corrected chi connectivity index (χ2v) is 6.03. The van der Waals surface area contributed by atoms with Crippen LogP contribution >= 0.6 is 0 Å². The number of hydrogen-bond acceptors (Lipinski definition) is 4. The summed E-state index contributed by atoms with van der Waals surface area (Å²) in [7, 11) is 0. The number of anilines is 1. The Hall–Kier alpha value is -1.07. The van der Waals surface area contributed by atoms with E-state index in [1.807, 2.05) is 6.20 Å².